The summed E-state index contributed by atoms with van der Waals surface area (Å²) in [4.78, 5) is 24.9. The average molecular weight is 364 g/mol. The molecule has 142 valence electrons. The summed E-state index contributed by atoms with van der Waals surface area (Å²) in [5.74, 6) is 1.70. The van der Waals surface area contributed by atoms with Crippen molar-refractivity contribution in [1.82, 2.24) is 20.3 Å². The molecule has 2 N–H and O–H groups in total. The summed E-state index contributed by atoms with van der Waals surface area (Å²) in [6, 6.07) is 6.11. The van der Waals surface area contributed by atoms with E-state index in [1.54, 1.807) is 0 Å². The molecule has 0 saturated heterocycles. The highest BCUT2D eigenvalue weighted by molar-refractivity contribution is 5.99. The predicted molar refractivity (Wildman–Crippen MR) is 110 cm³/mol. The number of nitrogens with zero attached hydrogens (tertiary/aromatic N) is 2. The molecule has 3 aromatic rings. The Balaban J connectivity index is 0.00000120. The number of rotatable bonds is 3. The molecule has 0 unspecified atom stereocenters. The van der Waals surface area contributed by atoms with Crippen molar-refractivity contribution in [3.63, 3.8) is 0 Å². The Morgan fingerprint density at radius 3 is 2.89 bits per heavy atom. The Morgan fingerprint density at radius 2 is 2.11 bits per heavy atom. The Hall–Kier alpha value is -2.69. The first-order valence-corrected chi connectivity index (χ1v) is 9.77. The molecule has 0 spiro atoms. The zero-order valence-electron chi connectivity index (χ0n) is 15.8. The van der Waals surface area contributed by atoms with Gasteiger partial charge in [-0.2, -0.15) is 0 Å². The summed E-state index contributed by atoms with van der Waals surface area (Å²) in [6.07, 6.45) is 8.87. The van der Waals surface area contributed by atoms with Gasteiger partial charge in [-0.25, -0.2) is 9.97 Å². The van der Waals surface area contributed by atoms with E-state index in [0.717, 1.165) is 51.5 Å². The Bertz CT molecular complexity index is 1060. The maximum absolute atomic E-state index is 12.2. The van der Waals surface area contributed by atoms with Gasteiger partial charge in [0.25, 0.3) is 5.91 Å². The second-order valence-corrected chi connectivity index (χ2v) is 8.58. The van der Waals surface area contributed by atoms with Crippen LogP contribution in [0.2, 0.25) is 0 Å². The zero-order chi connectivity index (χ0) is 18.6. The quantitative estimate of drug-likeness (QED) is 0.720. The molecule has 1 aliphatic carbocycles. The fourth-order valence-electron chi connectivity index (χ4n) is 4.20. The Labute approximate surface area is 161 Å². The first-order chi connectivity index (χ1) is 13.0. The standard InChI is InChI=1S/C22H24N4O.2H2/c1-22(2)12-25-21(27)15-7-6-14(9-18(15)22)16-10-24-20-17(16)11-23-19(26-20)8-13-4-3-5-13;;/h6-7,9-11,13H,3-5,8,12H2,1-2H3,(H,25,27)(H,23,24,26);2*1H. The largest absolute Gasteiger partial charge is 0.351 e. The van der Waals surface area contributed by atoms with Gasteiger partial charge in [0.15, 0.2) is 0 Å². The molecule has 1 aliphatic heterocycles. The maximum Gasteiger partial charge on any atom is 0.251 e. The third kappa shape index (κ3) is 2.73. The number of aromatic nitrogens is 3. The predicted octanol–water partition coefficient (Wildman–Crippen LogP) is 4.48. The fraction of sp³-hybridized carbons (Fsp3) is 0.409. The molecule has 1 aromatic carbocycles. The molecule has 1 saturated carbocycles. The van der Waals surface area contributed by atoms with Crippen molar-refractivity contribution in [3.8, 4) is 11.1 Å². The monoisotopic (exact) mass is 364 g/mol. The van der Waals surface area contributed by atoms with Crippen LogP contribution in [0.25, 0.3) is 22.2 Å². The summed E-state index contributed by atoms with van der Waals surface area (Å²) >= 11 is 0. The van der Waals surface area contributed by atoms with Crippen LogP contribution in [-0.2, 0) is 11.8 Å². The van der Waals surface area contributed by atoms with Crippen LogP contribution in [0.1, 0.15) is 57.7 Å². The highest BCUT2D eigenvalue weighted by atomic mass is 16.1. The van der Waals surface area contributed by atoms with Crippen molar-refractivity contribution in [3.05, 3.63) is 47.5 Å². The number of hydrogen-bond donors (Lipinski definition) is 2. The van der Waals surface area contributed by atoms with E-state index < -0.39 is 0 Å². The van der Waals surface area contributed by atoms with E-state index in [2.05, 4.69) is 35.2 Å². The van der Waals surface area contributed by atoms with Crippen LogP contribution < -0.4 is 5.32 Å². The van der Waals surface area contributed by atoms with E-state index >= 15 is 0 Å². The van der Waals surface area contributed by atoms with Crippen LogP contribution >= 0.6 is 0 Å². The molecular formula is C22H28N4O. The van der Waals surface area contributed by atoms with Crippen molar-refractivity contribution in [2.24, 2.45) is 5.92 Å². The van der Waals surface area contributed by atoms with Crippen molar-refractivity contribution in [1.29, 1.82) is 0 Å². The molecule has 5 heteroatoms. The van der Waals surface area contributed by atoms with E-state index in [-0.39, 0.29) is 14.2 Å². The van der Waals surface area contributed by atoms with Crippen LogP contribution in [0.15, 0.2) is 30.6 Å². The topological polar surface area (TPSA) is 70.7 Å². The lowest BCUT2D eigenvalue weighted by Gasteiger charge is -2.32. The fourth-order valence-corrected chi connectivity index (χ4v) is 4.20. The number of amides is 1. The van der Waals surface area contributed by atoms with Crippen LogP contribution in [-0.4, -0.2) is 27.4 Å². The molecule has 1 fully saturated rings. The number of carbonyl (C=O) groups is 1. The number of benzene rings is 1. The summed E-state index contributed by atoms with van der Waals surface area (Å²) in [5, 5.41) is 4.01. The van der Waals surface area contributed by atoms with Gasteiger partial charge in [0.2, 0.25) is 0 Å². The van der Waals surface area contributed by atoms with Gasteiger partial charge >= 0.3 is 0 Å². The first-order valence-electron chi connectivity index (χ1n) is 9.77. The Kier molecular flexibility index (Phi) is 3.61. The molecular weight excluding hydrogens is 336 g/mol. The lowest BCUT2D eigenvalue weighted by atomic mass is 9.78. The van der Waals surface area contributed by atoms with Crippen LogP contribution in [0.4, 0.5) is 0 Å². The number of fused-ring (bicyclic) bond motifs is 2. The van der Waals surface area contributed by atoms with Gasteiger partial charge in [0, 0.05) is 50.1 Å². The van der Waals surface area contributed by atoms with Crippen molar-refractivity contribution < 1.29 is 7.65 Å². The lowest BCUT2D eigenvalue weighted by molar-refractivity contribution is 0.0930. The van der Waals surface area contributed by atoms with Crippen LogP contribution in [0.3, 0.4) is 0 Å². The molecule has 0 radical (unpaired) electrons. The molecule has 2 aromatic heterocycles. The average Bonchev–Trinajstić information content (AvgIpc) is 3.05. The molecule has 0 bridgehead atoms. The number of H-pyrrole nitrogens is 1. The van der Waals surface area contributed by atoms with Gasteiger partial charge in [-0.05, 0) is 29.2 Å². The van der Waals surface area contributed by atoms with Crippen molar-refractivity contribution in [2.45, 2.75) is 44.9 Å². The van der Waals surface area contributed by atoms with Gasteiger partial charge in [0.1, 0.15) is 11.5 Å². The smallest absolute Gasteiger partial charge is 0.251 e. The highest BCUT2D eigenvalue weighted by Gasteiger charge is 2.31. The van der Waals surface area contributed by atoms with Gasteiger partial charge in [-0.1, -0.05) is 39.2 Å². The van der Waals surface area contributed by atoms with Crippen molar-refractivity contribution >= 4 is 16.9 Å². The number of carbonyl (C=O) groups excluding carboxylic acids is 1. The number of aromatic amines is 1. The van der Waals surface area contributed by atoms with Gasteiger partial charge in [-0.15, -0.1) is 0 Å². The molecule has 0 atom stereocenters. The van der Waals surface area contributed by atoms with E-state index in [9.17, 15) is 4.79 Å². The van der Waals surface area contributed by atoms with Crippen LogP contribution in [0, 0.1) is 5.92 Å². The minimum absolute atomic E-state index is 0. The normalized spacial score (nSPS) is 18.8. The van der Waals surface area contributed by atoms with Gasteiger partial charge in [-0.3, -0.25) is 4.79 Å². The SMILES string of the molecule is CC1(C)CNC(=O)c2ccc(-c3c[nH]c4nc(CC5CCC5)ncc34)cc21.[HH].[HH]. The van der Waals surface area contributed by atoms with E-state index in [1.807, 2.05) is 24.5 Å². The van der Waals surface area contributed by atoms with Crippen LogP contribution in [0.5, 0.6) is 0 Å². The highest BCUT2D eigenvalue weighted by Crippen LogP contribution is 2.35. The second kappa shape index (κ2) is 5.91. The maximum atomic E-state index is 12.2. The minimum atomic E-state index is -0.0855. The second-order valence-electron chi connectivity index (χ2n) is 8.58. The van der Waals surface area contributed by atoms with Gasteiger partial charge < -0.3 is 10.3 Å². The molecule has 27 heavy (non-hydrogen) atoms. The van der Waals surface area contributed by atoms with E-state index in [0.29, 0.717) is 6.54 Å². The zero-order valence-corrected chi connectivity index (χ0v) is 15.8. The number of nitrogens with one attached hydrogen (secondary N) is 2. The number of hydrogen-bond acceptors (Lipinski definition) is 3. The molecule has 5 nitrogen and oxygen atoms in total. The first kappa shape index (κ1) is 16.5. The molecule has 1 amide bonds. The molecule has 2 aliphatic rings. The van der Waals surface area contributed by atoms with E-state index in [1.165, 1.54) is 19.3 Å². The lowest BCUT2D eigenvalue weighted by Crippen LogP contribution is -2.43. The van der Waals surface area contributed by atoms with Gasteiger partial charge in [0.05, 0.1) is 0 Å². The minimum Gasteiger partial charge on any atom is -0.351 e. The molecule has 5 rings (SSSR count). The Morgan fingerprint density at radius 1 is 1.26 bits per heavy atom. The summed E-state index contributed by atoms with van der Waals surface area (Å²) in [6.45, 7) is 4.99. The van der Waals surface area contributed by atoms with E-state index in [4.69, 9.17) is 4.98 Å². The third-order valence-corrected chi connectivity index (χ3v) is 6.17. The summed E-state index contributed by atoms with van der Waals surface area (Å²) in [7, 11) is 0. The third-order valence-electron chi connectivity index (χ3n) is 6.17. The molecule has 3 heterocycles. The summed E-state index contributed by atoms with van der Waals surface area (Å²) in [5.41, 5.74) is 4.86. The van der Waals surface area contributed by atoms with Crippen molar-refractivity contribution in [2.75, 3.05) is 6.54 Å². The summed E-state index contributed by atoms with van der Waals surface area (Å²) < 4.78 is 0.